The largest absolute Gasteiger partial charge is 0.342 e. The Bertz CT molecular complexity index is 1300. The first kappa shape index (κ1) is 22.1. The average Bonchev–Trinajstić information content (AvgIpc) is 3.14. The number of para-hydroxylation sites is 2. The highest BCUT2D eigenvalue weighted by molar-refractivity contribution is 6.30. The molecular formula is C27H28ClN3O. The second-order valence-electron chi connectivity index (χ2n) is 8.49. The molecule has 3 aromatic carbocycles. The van der Waals surface area contributed by atoms with E-state index in [1.165, 1.54) is 27.8 Å². The van der Waals surface area contributed by atoms with Crippen molar-refractivity contribution in [3.05, 3.63) is 98.8 Å². The number of rotatable bonds is 5. The first-order valence-corrected chi connectivity index (χ1v) is 11.2. The number of fused-ring (bicyclic) bond motifs is 1. The normalized spacial score (nSPS) is 12.2. The van der Waals surface area contributed by atoms with Crippen LogP contribution in [0.5, 0.6) is 0 Å². The number of halogens is 1. The van der Waals surface area contributed by atoms with Crippen molar-refractivity contribution < 1.29 is 4.79 Å². The van der Waals surface area contributed by atoms with Gasteiger partial charge in [0.25, 0.3) is 5.91 Å². The molecule has 1 atom stereocenters. The summed E-state index contributed by atoms with van der Waals surface area (Å²) >= 11 is 6.07. The number of aromatic nitrogens is 2. The lowest BCUT2D eigenvalue weighted by molar-refractivity contribution is 0.0937. The van der Waals surface area contributed by atoms with Crippen LogP contribution in [0.2, 0.25) is 5.02 Å². The van der Waals surface area contributed by atoms with Gasteiger partial charge in [-0.15, -0.1) is 0 Å². The van der Waals surface area contributed by atoms with E-state index in [-0.39, 0.29) is 11.9 Å². The molecule has 4 nitrogen and oxygen atoms in total. The van der Waals surface area contributed by atoms with Gasteiger partial charge < -0.3 is 9.88 Å². The molecule has 0 bridgehead atoms. The van der Waals surface area contributed by atoms with Crippen molar-refractivity contribution in [1.82, 2.24) is 14.9 Å². The third-order valence-electron chi connectivity index (χ3n) is 6.34. The maximum absolute atomic E-state index is 12.9. The summed E-state index contributed by atoms with van der Waals surface area (Å²) in [5, 5.41) is 3.64. The van der Waals surface area contributed by atoms with Crippen LogP contribution in [0.4, 0.5) is 0 Å². The molecule has 1 amide bonds. The van der Waals surface area contributed by atoms with Crippen LogP contribution in [0.1, 0.15) is 57.0 Å². The van der Waals surface area contributed by atoms with Crippen molar-refractivity contribution in [2.75, 3.05) is 0 Å². The molecular weight excluding hydrogens is 418 g/mol. The monoisotopic (exact) mass is 445 g/mol. The molecule has 4 rings (SSSR count). The van der Waals surface area contributed by atoms with Gasteiger partial charge in [0, 0.05) is 17.1 Å². The summed E-state index contributed by atoms with van der Waals surface area (Å²) in [6.07, 6.45) is 0. The molecule has 1 heterocycles. The van der Waals surface area contributed by atoms with Crippen LogP contribution in [-0.4, -0.2) is 15.5 Å². The minimum atomic E-state index is -0.277. The average molecular weight is 446 g/mol. The zero-order chi connectivity index (χ0) is 23.0. The van der Waals surface area contributed by atoms with Crippen LogP contribution in [0.3, 0.4) is 0 Å². The number of hydrogen-bond acceptors (Lipinski definition) is 2. The molecule has 0 fully saturated rings. The number of hydrogen-bond donors (Lipinski definition) is 1. The van der Waals surface area contributed by atoms with Crippen molar-refractivity contribution in [3.8, 4) is 0 Å². The van der Waals surface area contributed by atoms with Gasteiger partial charge in [-0.2, -0.15) is 0 Å². The molecule has 1 N–H and O–H groups in total. The van der Waals surface area contributed by atoms with E-state index in [9.17, 15) is 4.79 Å². The summed E-state index contributed by atoms with van der Waals surface area (Å²) in [6.45, 7) is 11.4. The third kappa shape index (κ3) is 4.15. The lowest BCUT2D eigenvalue weighted by Gasteiger charge is -2.20. The Hall–Kier alpha value is -3.11. The molecule has 0 radical (unpaired) electrons. The van der Waals surface area contributed by atoms with Crippen molar-refractivity contribution in [2.24, 2.45) is 0 Å². The lowest BCUT2D eigenvalue weighted by atomic mass is 9.94. The maximum atomic E-state index is 12.9. The van der Waals surface area contributed by atoms with E-state index < -0.39 is 0 Å². The van der Waals surface area contributed by atoms with Crippen LogP contribution in [0.25, 0.3) is 11.0 Å². The van der Waals surface area contributed by atoms with E-state index in [0.717, 1.165) is 16.9 Å². The molecule has 0 aliphatic carbocycles. The Morgan fingerprint density at radius 3 is 2.38 bits per heavy atom. The van der Waals surface area contributed by atoms with Crippen molar-refractivity contribution >= 4 is 28.5 Å². The lowest BCUT2D eigenvalue weighted by Crippen LogP contribution is -2.29. The van der Waals surface area contributed by atoms with E-state index in [1.54, 1.807) is 24.3 Å². The van der Waals surface area contributed by atoms with Crippen molar-refractivity contribution in [3.63, 3.8) is 0 Å². The van der Waals surface area contributed by atoms with E-state index >= 15 is 0 Å². The number of imidazole rings is 1. The second kappa shape index (κ2) is 8.79. The highest BCUT2D eigenvalue weighted by atomic mass is 35.5. The topological polar surface area (TPSA) is 46.9 Å². The number of nitrogens with zero attached hydrogens (tertiary/aromatic N) is 2. The number of carbonyl (C=O) groups excluding carboxylic acids is 1. The molecule has 1 aromatic heterocycles. The minimum absolute atomic E-state index is 0.169. The van der Waals surface area contributed by atoms with Gasteiger partial charge in [0.15, 0.2) is 0 Å². The standard InChI is InChI=1S/C27H28ClN3O/c1-16-13-17(2)19(4)23(18(16)3)15-31-25-12-7-6-11-24(25)30-26(31)20(5)29-27(32)21-9-8-10-22(28)14-21/h6-14,20H,15H2,1-5H3,(H,29,32). The van der Waals surface area contributed by atoms with Crippen LogP contribution in [0, 0.1) is 27.7 Å². The van der Waals surface area contributed by atoms with E-state index in [0.29, 0.717) is 17.1 Å². The highest BCUT2D eigenvalue weighted by Gasteiger charge is 2.21. The Balaban J connectivity index is 1.75. The smallest absolute Gasteiger partial charge is 0.251 e. The number of aryl methyl sites for hydroxylation is 2. The van der Waals surface area contributed by atoms with E-state index in [4.69, 9.17) is 16.6 Å². The summed E-state index contributed by atoms with van der Waals surface area (Å²) in [4.78, 5) is 17.8. The predicted molar refractivity (Wildman–Crippen MR) is 132 cm³/mol. The first-order chi connectivity index (χ1) is 15.3. The molecule has 0 spiro atoms. The Kier molecular flexibility index (Phi) is 6.07. The van der Waals surface area contributed by atoms with Crippen LogP contribution < -0.4 is 5.32 Å². The summed E-state index contributed by atoms with van der Waals surface area (Å²) in [5.74, 6) is 0.664. The van der Waals surface area contributed by atoms with Gasteiger partial charge in [-0.3, -0.25) is 4.79 Å². The van der Waals surface area contributed by atoms with E-state index in [2.05, 4.69) is 49.7 Å². The molecule has 0 saturated heterocycles. The van der Waals surface area contributed by atoms with Gasteiger partial charge in [0.1, 0.15) is 5.82 Å². The van der Waals surface area contributed by atoms with Crippen LogP contribution in [-0.2, 0) is 6.54 Å². The molecule has 4 aromatic rings. The summed E-state index contributed by atoms with van der Waals surface area (Å²) in [5.41, 5.74) is 9.00. The van der Waals surface area contributed by atoms with Gasteiger partial charge in [0.05, 0.1) is 17.1 Å². The highest BCUT2D eigenvalue weighted by Crippen LogP contribution is 2.27. The molecule has 0 saturated carbocycles. The van der Waals surface area contributed by atoms with Gasteiger partial charge in [-0.1, -0.05) is 35.9 Å². The summed E-state index contributed by atoms with van der Waals surface area (Å²) in [7, 11) is 0. The zero-order valence-electron chi connectivity index (χ0n) is 19.2. The number of amides is 1. The molecule has 32 heavy (non-hydrogen) atoms. The predicted octanol–water partition coefficient (Wildman–Crippen LogP) is 6.46. The molecule has 164 valence electrons. The molecule has 0 aliphatic heterocycles. The Morgan fingerprint density at radius 2 is 1.69 bits per heavy atom. The fraction of sp³-hybridized carbons (Fsp3) is 0.259. The quantitative estimate of drug-likeness (QED) is 0.383. The Labute approximate surface area is 194 Å². The summed E-state index contributed by atoms with van der Waals surface area (Å²) in [6, 6.07) is 17.1. The van der Waals surface area contributed by atoms with Crippen molar-refractivity contribution in [1.29, 1.82) is 0 Å². The number of nitrogens with one attached hydrogen (secondary N) is 1. The van der Waals surface area contributed by atoms with Gasteiger partial charge in [-0.05, 0) is 92.8 Å². The SMILES string of the molecule is Cc1cc(C)c(C)c(Cn2c(C(C)NC(=O)c3cccc(Cl)c3)nc3ccccc32)c1C. The van der Waals surface area contributed by atoms with Crippen molar-refractivity contribution in [2.45, 2.75) is 47.2 Å². The van der Waals surface area contributed by atoms with E-state index in [1.807, 2.05) is 25.1 Å². The summed E-state index contributed by atoms with van der Waals surface area (Å²) < 4.78 is 2.23. The second-order valence-corrected chi connectivity index (χ2v) is 8.93. The van der Waals surface area contributed by atoms with Gasteiger partial charge >= 0.3 is 0 Å². The van der Waals surface area contributed by atoms with Crippen LogP contribution in [0.15, 0.2) is 54.6 Å². The first-order valence-electron chi connectivity index (χ1n) is 10.8. The molecule has 1 unspecified atom stereocenters. The number of benzene rings is 3. The van der Waals surface area contributed by atoms with Gasteiger partial charge in [0.2, 0.25) is 0 Å². The molecule has 0 aliphatic rings. The Morgan fingerprint density at radius 1 is 1.00 bits per heavy atom. The fourth-order valence-electron chi connectivity index (χ4n) is 4.26. The number of carbonyl (C=O) groups is 1. The minimum Gasteiger partial charge on any atom is -0.342 e. The fourth-order valence-corrected chi connectivity index (χ4v) is 4.45. The van der Waals surface area contributed by atoms with Gasteiger partial charge in [-0.25, -0.2) is 4.98 Å². The zero-order valence-corrected chi connectivity index (χ0v) is 19.9. The molecule has 5 heteroatoms. The third-order valence-corrected chi connectivity index (χ3v) is 6.58. The maximum Gasteiger partial charge on any atom is 0.251 e. The van der Waals surface area contributed by atoms with Crippen LogP contribution >= 0.6 is 11.6 Å².